The molecule has 0 aliphatic carbocycles. The van der Waals surface area contributed by atoms with E-state index < -0.39 is 17.8 Å². The van der Waals surface area contributed by atoms with Crippen molar-refractivity contribution in [2.45, 2.75) is 20.8 Å². The highest BCUT2D eigenvalue weighted by atomic mass is 35.5. The lowest BCUT2D eigenvalue weighted by Gasteiger charge is -2.15. The Morgan fingerprint density at radius 1 is 0.882 bits per heavy atom. The van der Waals surface area contributed by atoms with Crippen LogP contribution in [-0.4, -0.2) is 17.8 Å². The molecule has 172 valence electrons. The Bertz CT molecular complexity index is 1360. The molecule has 1 heterocycles. The molecule has 6 nitrogen and oxygen atoms in total. The fraction of sp³-hybridized carbons (Fsp3) is 0.115. The molecule has 1 N–H and O–H groups in total. The van der Waals surface area contributed by atoms with Gasteiger partial charge in [0.2, 0.25) is 0 Å². The molecule has 0 bridgehead atoms. The normalized spacial score (nSPS) is 13.5. The molecule has 3 aromatic carbocycles. The number of anilines is 2. The van der Waals surface area contributed by atoms with Crippen LogP contribution in [0.1, 0.15) is 27.0 Å². The maximum Gasteiger partial charge on any atom is 0.343 e. The van der Waals surface area contributed by atoms with E-state index in [2.05, 4.69) is 5.32 Å². The van der Waals surface area contributed by atoms with Crippen LogP contribution < -0.4 is 15.0 Å². The molecule has 0 spiro atoms. The summed E-state index contributed by atoms with van der Waals surface area (Å²) in [7, 11) is 0. The lowest BCUT2D eigenvalue weighted by molar-refractivity contribution is -0.120. The highest BCUT2D eigenvalue weighted by molar-refractivity contribution is 6.53. The second kappa shape index (κ2) is 9.33. The van der Waals surface area contributed by atoms with Gasteiger partial charge in [0.15, 0.2) is 0 Å². The van der Waals surface area contributed by atoms with E-state index in [0.29, 0.717) is 27.7 Å². The van der Waals surface area contributed by atoms with E-state index in [1.807, 2.05) is 32.9 Å². The van der Waals surface area contributed by atoms with Gasteiger partial charge in [-0.15, -0.1) is 0 Å². The van der Waals surface area contributed by atoms with Crippen molar-refractivity contribution in [1.82, 2.24) is 0 Å². The number of amides is 2. The van der Waals surface area contributed by atoms with Gasteiger partial charge in [-0.05, 0) is 79.9 Å². The van der Waals surface area contributed by atoms with Crippen molar-refractivity contribution in [3.05, 3.63) is 98.7 Å². The number of aryl methyl sites for hydroxylation is 2. The number of ether oxygens (including phenoxy) is 1. The van der Waals surface area contributed by atoms with Gasteiger partial charge in [-0.2, -0.15) is 0 Å². The Hall–Kier alpha value is -3.61. The van der Waals surface area contributed by atoms with Gasteiger partial charge in [-0.3, -0.25) is 9.59 Å². The Labute approximate surface area is 206 Å². The van der Waals surface area contributed by atoms with Crippen LogP contribution >= 0.6 is 23.2 Å². The number of esters is 1. The van der Waals surface area contributed by atoms with Crippen molar-refractivity contribution >= 4 is 52.4 Å². The van der Waals surface area contributed by atoms with Crippen molar-refractivity contribution in [3.63, 3.8) is 0 Å². The third kappa shape index (κ3) is 4.42. The van der Waals surface area contributed by atoms with Crippen molar-refractivity contribution < 1.29 is 19.1 Å². The first kappa shape index (κ1) is 23.5. The zero-order chi connectivity index (χ0) is 24.6. The van der Waals surface area contributed by atoms with Gasteiger partial charge < -0.3 is 10.1 Å². The molecule has 0 aromatic heterocycles. The first-order valence-electron chi connectivity index (χ1n) is 10.4. The van der Waals surface area contributed by atoms with Gasteiger partial charge in [0, 0.05) is 10.7 Å². The lowest BCUT2D eigenvalue weighted by atomic mass is 10.1. The molecule has 0 atom stereocenters. The Kier molecular flexibility index (Phi) is 6.46. The standard InChI is InChI=1S/C26H20Cl2N2O4/c1-14-7-8-15(2)23(16(14)3)34-26(33)17-9-11-19(12-10-17)29-22-21(28)24(31)30(25(22)32)20-6-4-5-18(27)13-20/h4-13,29H,1-3H3. The fourth-order valence-corrected chi connectivity index (χ4v) is 3.93. The topological polar surface area (TPSA) is 75.7 Å². The van der Waals surface area contributed by atoms with E-state index in [1.54, 1.807) is 42.5 Å². The summed E-state index contributed by atoms with van der Waals surface area (Å²) < 4.78 is 5.63. The number of benzene rings is 3. The SMILES string of the molecule is Cc1ccc(C)c(OC(=O)c2ccc(NC3=C(Cl)C(=O)N(c4cccc(Cl)c4)C3=O)cc2)c1C. The van der Waals surface area contributed by atoms with Gasteiger partial charge in [0.25, 0.3) is 11.8 Å². The third-order valence-electron chi connectivity index (χ3n) is 5.55. The first-order valence-corrected chi connectivity index (χ1v) is 11.1. The van der Waals surface area contributed by atoms with Gasteiger partial charge in [0.05, 0.1) is 11.3 Å². The molecule has 0 saturated heterocycles. The molecular weight excluding hydrogens is 475 g/mol. The van der Waals surface area contributed by atoms with Gasteiger partial charge in [0.1, 0.15) is 16.5 Å². The highest BCUT2D eigenvalue weighted by Crippen LogP contribution is 2.31. The zero-order valence-corrected chi connectivity index (χ0v) is 20.1. The number of nitrogens with zero attached hydrogens (tertiary/aromatic N) is 1. The summed E-state index contributed by atoms with van der Waals surface area (Å²) in [6.07, 6.45) is 0. The third-order valence-corrected chi connectivity index (χ3v) is 6.14. The van der Waals surface area contributed by atoms with E-state index in [9.17, 15) is 14.4 Å². The maximum atomic E-state index is 12.9. The van der Waals surface area contributed by atoms with E-state index in [4.69, 9.17) is 27.9 Å². The van der Waals surface area contributed by atoms with Gasteiger partial charge in [-0.1, -0.05) is 41.4 Å². The van der Waals surface area contributed by atoms with E-state index in [-0.39, 0.29) is 10.7 Å². The van der Waals surface area contributed by atoms with Gasteiger partial charge >= 0.3 is 5.97 Å². The van der Waals surface area contributed by atoms with Crippen molar-refractivity contribution in [2.75, 3.05) is 10.2 Å². The van der Waals surface area contributed by atoms with Crippen molar-refractivity contribution in [1.29, 1.82) is 0 Å². The largest absolute Gasteiger partial charge is 0.422 e. The summed E-state index contributed by atoms with van der Waals surface area (Å²) in [4.78, 5) is 39.1. The maximum absolute atomic E-state index is 12.9. The fourth-order valence-electron chi connectivity index (χ4n) is 3.53. The van der Waals surface area contributed by atoms with Crippen LogP contribution in [0.15, 0.2) is 71.4 Å². The number of hydrogen-bond acceptors (Lipinski definition) is 5. The second-order valence-electron chi connectivity index (χ2n) is 7.86. The molecular formula is C26H20Cl2N2O4. The Morgan fingerprint density at radius 3 is 2.24 bits per heavy atom. The smallest absolute Gasteiger partial charge is 0.343 e. The highest BCUT2D eigenvalue weighted by Gasteiger charge is 2.39. The quantitative estimate of drug-likeness (QED) is 0.270. The van der Waals surface area contributed by atoms with Crippen LogP contribution in [0.3, 0.4) is 0 Å². The molecule has 3 aromatic rings. The molecule has 8 heteroatoms. The minimum absolute atomic E-state index is 0.0621. The van der Waals surface area contributed by atoms with Crippen LogP contribution in [0, 0.1) is 20.8 Å². The predicted octanol–water partition coefficient (Wildman–Crippen LogP) is 5.92. The monoisotopic (exact) mass is 494 g/mol. The average Bonchev–Trinajstić information content (AvgIpc) is 3.02. The molecule has 1 aliphatic rings. The number of rotatable bonds is 5. The van der Waals surface area contributed by atoms with E-state index in [1.165, 1.54) is 6.07 Å². The van der Waals surface area contributed by atoms with Crippen LogP contribution in [0.2, 0.25) is 5.02 Å². The molecule has 1 aliphatic heterocycles. The van der Waals surface area contributed by atoms with E-state index >= 15 is 0 Å². The molecule has 0 saturated carbocycles. The average molecular weight is 495 g/mol. The van der Waals surface area contributed by atoms with Crippen LogP contribution in [-0.2, 0) is 9.59 Å². The van der Waals surface area contributed by atoms with Crippen LogP contribution in [0.5, 0.6) is 5.75 Å². The molecule has 0 fully saturated rings. The molecule has 0 radical (unpaired) electrons. The lowest BCUT2D eigenvalue weighted by Crippen LogP contribution is -2.32. The minimum Gasteiger partial charge on any atom is -0.422 e. The second-order valence-corrected chi connectivity index (χ2v) is 8.67. The number of halogens is 2. The summed E-state index contributed by atoms with van der Waals surface area (Å²) in [5.41, 5.74) is 3.86. The molecule has 0 unspecified atom stereocenters. The van der Waals surface area contributed by atoms with Crippen LogP contribution in [0.25, 0.3) is 0 Å². The number of nitrogens with one attached hydrogen (secondary N) is 1. The first-order chi connectivity index (χ1) is 16.2. The summed E-state index contributed by atoms with van der Waals surface area (Å²) in [5.74, 6) is -1.22. The zero-order valence-electron chi connectivity index (χ0n) is 18.6. The van der Waals surface area contributed by atoms with Crippen molar-refractivity contribution in [2.24, 2.45) is 0 Å². The number of imide groups is 1. The number of carbonyl (C=O) groups is 3. The summed E-state index contributed by atoms with van der Waals surface area (Å²) in [6, 6.07) is 16.6. The summed E-state index contributed by atoms with van der Waals surface area (Å²) >= 11 is 12.2. The van der Waals surface area contributed by atoms with E-state index in [0.717, 1.165) is 21.6 Å². The summed E-state index contributed by atoms with van der Waals surface area (Å²) in [6.45, 7) is 5.74. The van der Waals surface area contributed by atoms with Crippen LogP contribution in [0.4, 0.5) is 11.4 Å². The molecule has 2 amide bonds. The summed E-state index contributed by atoms with van der Waals surface area (Å²) in [5, 5.41) is 3.02. The molecule has 4 rings (SSSR count). The predicted molar refractivity (Wildman–Crippen MR) is 133 cm³/mol. The Balaban J connectivity index is 1.51. The Morgan fingerprint density at radius 2 is 1.56 bits per heavy atom. The van der Waals surface area contributed by atoms with Crippen molar-refractivity contribution in [3.8, 4) is 5.75 Å². The minimum atomic E-state index is -0.652. The molecule has 34 heavy (non-hydrogen) atoms. The number of hydrogen-bond donors (Lipinski definition) is 1. The van der Waals surface area contributed by atoms with Gasteiger partial charge in [-0.25, -0.2) is 9.69 Å². The number of carbonyl (C=O) groups excluding carboxylic acids is 3.